The maximum atomic E-state index is 12.6. The number of carbonyl (C=O) groups is 1. The van der Waals surface area contributed by atoms with Gasteiger partial charge in [0.15, 0.2) is 0 Å². The van der Waals surface area contributed by atoms with Crippen molar-refractivity contribution in [3.8, 4) is 5.75 Å². The Morgan fingerprint density at radius 3 is 2.54 bits per heavy atom. The minimum Gasteiger partial charge on any atom is -0.434 e. The molecule has 0 saturated heterocycles. The monoisotopic (exact) mass is 392 g/mol. The third kappa shape index (κ3) is 4.76. The predicted octanol–water partition coefficient (Wildman–Crippen LogP) is 4.20. The maximum Gasteiger partial charge on any atom is 0.387 e. The number of fused-ring (bicyclic) bond motifs is 1. The van der Waals surface area contributed by atoms with Crippen molar-refractivity contribution < 1.29 is 23.4 Å². The summed E-state index contributed by atoms with van der Waals surface area (Å²) >= 11 is 0. The third-order valence-electron chi connectivity index (χ3n) is 5.52. The number of aliphatic hydroxyl groups is 1. The van der Waals surface area contributed by atoms with Crippen molar-refractivity contribution in [2.75, 3.05) is 0 Å². The molecule has 1 fully saturated rings. The van der Waals surface area contributed by atoms with Crippen molar-refractivity contribution in [3.05, 3.63) is 35.5 Å². The van der Waals surface area contributed by atoms with Crippen molar-refractivity contribution >= 4 is 16.8 Å². The van der Waals surface area contributed by atoms with Crippen LogP contribution in [0.15, 0.2) is 24.4 Å². The van der Waals surface area contributed by atoms with Gasteiger partial charge in [0.1, 0.15) is 5.75 Å². The quantitative estimate of drug-likeness (QED) is 0.800. The Labute approximate surface area is 163 Å². The van der Waals surface area contributed by atoms with Gasteiger partial charge in [-0.2, -0.15) is 8.78 Å². The van der Waals surface area contributed by atoms with Crippen LogP contribution in [-0.2, 0) is 0 Å². The first-order valence-corrected chi connectivity index (χ1v) is 9.52. The zero-order chi connectivity index (χ0) is 20.5. The molecule has 2 aromatic rings. The SMILES string of the molecule is Cc1cc2cc(C(=O)N[C@H]3CC[C@H](C(C)(C)O)CC3)cnc2cc1OC(F)F. The minimum atomic E-state index is -2.90. The average Bonchev–Trinajstić information content (AvgIpc) is 2.61. The van der Waals surface area contributed by atoms with Crippen LogP contribution in [0.3, 0.4) is 0 Å². The second kappa shape index (κ2) is 7.99. The molecule has 2 N–H and O–H groups in total. The van der Waals surface area contributed by atoms with Gasteiger partial charge in [-0.3, -0.25) is 9.78 Å². The van der Waals surface area contributed by atoms with Gasteiger partial charge in [-0.05, 0) is 70.1 Å². The van der Waals surface area contributed by atoms with E-state index >= 15 is 0 Å². The van der Waals surface area contributed by atoms with Crippen molar-refractivity contribution in [3.63, 3.8) is 0 Å². The molecule has 1 aromatic heterocycles. The topological polar surface area (TPSA) is 71.5 Å². The molecular formula is C21H26F2N2O3. The predicted molar refractivity (Wildman–Crippen MR) is 103 cm³/mol. The number of pyridine rings is 1. The molecular weight excluding hydrogens is 366 g/mol. The van der Waals surface area contributed by atoms with Crippen molar-refractivity contribution in [2.24, 2.45) is 5.92 Å². The molecule has 7 heteroatoms. The van der Waals surface area contributed by atoms with Crippen LogP contribution in [0.1, 0.15) is 55.5 Å². The van der Waals surface area contributed by atoms with Crippen LogP contribution in [-0.4, -0.2) is 34.3 Å². The second-order valence-electron chi connectivity index (χ2n) is 8.09. The number of alkyl halides is 2. The summed E-state index contributed by atoms with van der Waals surface area (Å²) in [6.07, 6.45) is 4.85. The zero-order valence-electron chi connectivity index (χ0n) is 16.3. The second-order valence-corrected chi connectivity index (χ2v) is 8.09. The highest BCUT2D eigenvalue weighted by Gasteiger charge is 2.31. The summed E-state index contributed by atoms with van der Waals surface area (Å²) in [7, 11) is 0. The van der Waals surface area contributed by atoms with E-state index in [1.165, 1.54) is 12.3 Å². The first kappa shape index (κ1) is 20.5. The van der Waals surface area contributed by atoms with Crippen LogP contribution in [0.4, 0.5) is 8.78 Å². The Bertz CT molecular complexity index is 857. The molecule has 0 unspecified atom stereocenters. The number of aromatic nitrogens is 1. The van der Waals surface area contributed by atoms with E-state index in [1.54, 1.807) is 19.1 Å². The number of nitrogens with zero attached hydrogens (tertiary/aromatic N) is 1. The molecule has 1 aliphatic rings. The van der Waals surface area contributed by atoms with E-state index in [9.17, 15) is 18.7 Å². The number of benzene rings is 1. The smallest absolute Gasteiger partial charge is 0.387 e. The van der Waals surface area contributed by atoms with Crippen LogP contribution in [0.2, 0.25) is 0 Å². The van der Waals surface area contributed by atoms with Gasteiger partial charge >= 0.3 is 6.61 Å². The van der Waals surface area contributed by atoms with E-state index in [4.69, 9.17) is 0 Å². The number of nitrogens with one attached hydrogen (secondary N) is 1. The molecule has 0 atom stereocenters. The number of halogens is 2. The van der Waals surface area contributed by atoms with E-state index in [-0.39, 0.29) is 23.6 Å². The van der Waals surface area contributed by atoms with Crippen LogP contribution >= 0.6 is 0 Å². The Morgan fingerprint density at radius 1 is 1.25 bits per heavy atom. The number of hydrogen-bond donors (Lipinski definition) is 2. The van der Waals surface area contributed by atoms with Gasteiger partial charge in [-0.15, -0.1) is 0 Å². The Kier molecular flexibility index (Phi) is 5.84. The fourth-order valence-corrected chi connectivity index (χ4v) is 3.83. The molecule has 1 aromatic carbocycles. The van der Waals surface area contributed by atoms with Gasteiger partial charge in [0, 0.05) is 23.7 Å². The molecule has 1 amide bonds. The number of amides is 1. The summed E-state index contributed by atoms with van der Waals surface area (Å²) in [5.41, 5.74) is 0.779. The van der Waals surface area contributed by atoms with E-state index < -0.39 is 12.2 Å². The lowest BCUT2D eigenvalue weighted by molar-refractivity contribution is -0.0502. The molecule has 1 saturated carbocycles. The summed E-state index contributed by atoms with van der Waals surface area (Å²) in [4.78, 5) is 16.8. The Morgan fingerprint density at radius 2 is 1.93 bits per heavy atom. The number of ether oxygens (including phenoxy) is 1. The Balaban J connectivity index is 1.69. The molecule has 3 rings (SSSR count). The maximum absolute atomic E-state index is 12.6. The Hall–Kier alpha value is -2.28. The van der Waals surface area contributed by atoms with Gasteiger partial charge in [-0.1, -0.05) is 0 Å². The molecule has 28 heavy (non-hydrogen) atoms. The summed E-state index contributed by atoms with van der Waals surface area (Å²) in [6, 6.07) is 4.92. The first-order valence-electron chi connectivity index (χ1n) is 9.52. The highest BCUT2D eigenvalue weighted by atomic mass is 19.3. The molecule has 0 aliphatic heterocycles. The van der Waals surface area contributed by atoms with Gasteiger partial charge in [0.05, 0.1) is 16.7 Å². The minimum absolute atomic E-state index is 0.0744. The number of rotatable bonds is 5. The number of carbonyl (C=O) groups excluding carboxylic acids is 1. The van der Waals surface area contributed by atoms with Crippen molar-refractivity contribution in [2.45, 2.75) is 64.7 Å². The summed E-state index contributed by atoms with van der Waals surface area (Å²) in [6.45, 7) is 2.44. The highest BCUT2D eigenvalue weighted by Crippen LogP contribution is 2.32. The largest absolute Gasteiger partial charge is 0.434 e. The zero-order valence-corrected chi connectivity index (χ0v) is 16.3. The van der Waals surface area contributed by atoms with E-state index in [0.29, 0.717) is 22.0 Å². The van der Waals surface area contributed by atoms with Crippen LogP contribution in [0, 0.1) is 12.8 Å². The molecule has 1 heterocycles. The van der Waals surface area contributed by atoms with Gasteiger partial charge in [-0.25, -0.2) is 0 Å². The van der Waals surface area contributed by atoms with Gasteiger partial charge < -0.3 is 15.2 Å². The summed E-state index contributed by atoms with van der Waals surface area (Å²) in [5.74, 6) is 0.123. The highest BCUT2D eigenvalue weighted by molar-refractivity contribution is 5.97. The molecule has 0 spiro atoms. The standard InChI is InChI=1S/C21H26F2N2O3/c1-12-8-13-9-14(11-24-17(13)10-18(12)28-20(22)23)19(26)25-16-6-4-15(5-7-16)21(2,3)27/h8-11,15-16,20,27H,4-7H2,1-3H3,(H,25,26)/t15-,16-. The van der Waals surface area contributed by atoms with Crippen molar-refractivity contribution in [1.29, 1.82) is 0 Å². The van der Waals surface area contributed by atoms with Gasteiger partial charge in [0.2, 0.25) is 0 Å². The molecule has 0 radical (unpaired) electrons. The first-order chi connectivity index (χ1) is 13.1. The van der Waals surface area contributed by atoms with E-state index in [0.717, 1.165) is 25.7 Å². The number of aryl methyl sites for hydroxylation is 1. The number of hydrogen-bond acceptors (Lipinski definition) is 4. The molecule has 0 bridgehead atoms. The lowest BCUT2D eigenvalue weighted by atomic mass is 9.77. The fourth-order valence-electron chi connectivity index (χ4n) is 3.83. The molecule has 152 valence electrons. The third-order valence-corrected chi connectivity index (χ3v) is 5.52. The molecule has 5 nitrogen and oxygen atoms in total. The van der Waals surface area contributed by atoms with E-state index in [1.807, 2.05) is 13.8 Å². The van der Waals surface area contributed by atoms with Crippen molar-refractivity contribution in [1.82, 2.24) is 10.3 Å². The summed E-state index contributed by atoms with van der Waals surface area (Å²) < 4.78 is 29.4. The van der Waals surface area contributed by atoms with Crippen LogP contribution in [0.5, 0.6) is 5.75 Å². The lowest BCUT2D eigenvalue weighted by Crippen LogP contribution is -2.41. The van der Waals surface area contributed by atoms with Crippen LogP contribution < -0.4 is 10.1 Å². The van der Waals surface area contributed by atoms with Crippen LogP contribution in [0.25, 0.3) is 10.9 Å². The van der Waals surface area contributed by atoms with Gasteiger partial charge in [0.25, 0.3) is 5.91 Å². The average molecular weight is 392 g/mol. The fraction of sp³-hybridized carbons (Fsp3) is 0.524. The van der Waals surface area contributed by atoms with E-state index in [2.05, 4.69) is 15.0 Å². The normalized spacial score (nSPS) is 20.4. The summed E-state index contributed by atoms with van der Waals surface area (Å²) in [5, 5.41) is 13.9. The molecule has 1 aliphatic carbocycles. The lowest BCUT2D eigenvalue weighted by Gasteiger charge is -2.36.